The van der Waals surface area contributed by atoms with Crippen LogP contribution in [0.3, 0.4) is 0 Å². The maximum Gasteiger partial charge on any atom is 0.303 e. The number of ether oxygens (including phenoxy) is 1. The second kappa shape index (κ2) is 7.59. The Morgan fingerprint density at radius 2 is 1.83 bits per heavy atom. The number of carbonyl (C=O) groups excluding carboxylic acids is 1. The van der Waals surface area contributed by atoms with Crippen molar-refractivity contribution in [1.82, 2.24) is 0 Å². The third kappa shape index (κ3) is 4.43. The minimum atomic E-state index is -0.952. The van der Waals surface area contributed by atoms with Crippen molar-refractivity contribution < 1.29 is 28.2 Å². The molecule has 2 rings (SSSR count). The van der Waals surface area contributed by atoms with E-state index < -0.39 is 28.9 Å². The summed E-state index contributed by atoms with van der Waals surface area (Å²) >= 11 is 0. The minimum absolute atomic E-state index is 0.0214. The molecule has 5 nitrogen and oxygen atoms in total. The van der Waals surface area contributed by atoms with Crippen molar-refractivity contribution in [3.63, 3.8) is 0 Å². The molecule has 1 saturated carbocycles. The molecule has 0 radical (unpaired) electrons. The molecule has 1 amide bonds. The van der Waals surface area contributed by atoms with Crippen LogP contribution in [0, 0.1) is 17.0 Å². The van der Waals surface area contributed by atoms with E-state index in [2.05, 4.69) is 10.1 Å². The van der Waals surface area contributed by atoms with Crippen LogP contribution in [-0.4, -0.2) is 24.1 Å². The summed E-state index contributed by atoms with van der Waals surface area (Å²) in [6.45, 7) is 0. The summed E-state index contributed by atoms with van der Waals surface area (Å²) in [5, 5.41) is 11.5. The highest BCUT2D eigenvalue weighted by Crippen LogP contribution is 2.42. The first-order valence-electron chi connectivity index (χ1n) is 7.90. The van der Waals surface area contributed by atoms with E-state index in [0.717, 1.165) is 31.4 Å². The van der Waals surface area contributed by atoms with Gasteiger partial charge in [-0.1, -0.05) is 19.3 Å². The summed E-state index contributed by atoms with van der Waals surface area (Å²) in [6.07, 6.45) is 3.92. The van der Waals surface area contributed by atoms with E-state index in [-0.39, 0.29) is 24.3 Å². The smallest absolute Gasteiger partial charge is 0.303 e. The van der Waals surface area contributed by atoms with Crippen LogP contribution in [-0.2, 0) is 9.59 Å². The van der Waals surface area contributed by atoms with Gasteiger partial charge in [-0.15, -0.1) is 0 Å². The number of benzene rings is 1. The Balaban J connectivity index is 2.11. The van der Waals surface area contributed by atoms with Crippen molar-refractivity contribution in [2.45, 2.75) is 44.9 Å². The fourth-order valence-electron chi connectivity index (χ4n) is 3.35. The number of carboxylic acids is 1. The summed E-state index contributed by atoms with van der Waals surface area (Å²) in [4.78, 5) is 23.4. The van der Waals surface area contributed by atoms with Crippen LogP contribution in [0.25, 0.3) is 0 Å². The van der Waals surface area contributed by atoms with Crippen LogP contribution in [0.2, 0.25) is 0 Å². The van der Waals surface area contributed by atoms with Gasteiger partial charge in [-0.2, -0.15) is 0 Å². The van der Waals surface area contributed by atoms with Gasteiger partial charge in [0.15, 0.2) is 17.4 Å². The Morgan fingerprint density at radius 3 is 2.42 bits per heavy atom. The molecule has 0 unspecified atom stereocenters. The molecule has 0 spiro atoms. The largest absolute Gasteiger partial charge is 0.494 e. The van der Waals surface area contributed by atoms with Gasteiger partial charge in [0.05, 0.1) is 19.2 Å². The lowest BCUT2D eigenvalue weighted by Gasteiger charge is -2.35. The first kappa shape index (κ1) is 18.2. The first-order chi connectivity index (χ1) is 11.3. The maximum atomic E-state index is 13.9. The van der Waals surface area contributed by atoms with Crippen molar-refractivity contribution in [2.24, 2.45) is 5.41 Å². The molecule has 2 N–H and O–H groups in total. The van der Waals surface area contributed by atoms with Gasteiger partial charge in [0, 0.05) is 18.6 Å². The number of hydrogen-bond acceptors (Lipinski definition) is 3. The molecular weight excluding hydrogens is 320 g/mol. The summed E-state index contributed by atoms with van der Waals surface area (Å²) < 4.78 is 32.2. The average Bonchev–Trinajstić information content (AvgIpc) is 2.50. The normalized spacial score (nSPS) is 16.5. The van der Waals surface area contributed by atoms with Gasteiger partial charge in [-0.05, 0) is 18.3 Å². The van der Waals surface area contributed by atoms with E-state index >= 15 is 0 Å². The van der Waals surface area contributed by atoms with Gasteiger partial charge in [0.1, 0.15) is 0 Å². The number of hydrogen-bond donors (Lipinski definition) is 2. The number of halogens is 2. The maximum absolute atomic E-state index is 13.9. The molecule has 1 aliphatic rings. The van der Waals surface area contributed by atoms with Crippen LogP contribution in [0.15, 0.2) is 12.1 Å². The molecule has 0 aliphatic heterocycles. The molecule has 0 heterocycles. The minimum Gasteiger partial charge on any atom is -0.494 e. The SMILES string of the molecule is COc1cc(F)c(NC(=O)CC2(CC(=O)O)CCCCC2)cc1F. The number of carbonyl (C=O) groups is 2. The predicted octanol–water partition coefficient (Wildman–Crippen LogP) is 3.73. The van der Waals surface area contributed by atoms with E-state index in [1.807, 2.05) is 0 Å². The van der Waals surface area contributed by atoms with Crippen LogP contribution < -0.4 is 10.1 Å². The van der Waals surface area contributed by atoms with Crippen molar-refractivity contribution >= 4 is 17.6 Å². The van der Waals surface area contributed by atoms with Crippen LogP contribution in [0.4, 0.5) is 14.5 Å². The predicted molar refractivity (Wildman–Crippen MR) is 83.9 cm³/mol. The Kier molecular flexibility index (Phi) is 5.75. The highest BCUT2D eigenvalue weighted by Gasteiger charge is 2.36. The van der Waals surface area contributed by atoms with Crippen molar-refractivity contribution in [3.8, 4) is 5.75 Å². The topological polar surface area (TPSA) is 75.6 Å². The van der Waals surface area contributed by atoms with Crippen LogP contribution in [0.5, 0.6) is 5.75 Å². The molecule has 132 valence electrons. The van der Waals surface area contributed by atoms with E-state index in [1.165, 1.54) is 7.11 Å². The zero-order valence-electron chi connectivity index (χ0n) is 13.5. The summed E-state index contributed by atoms with van der Waals surface area (Å²) in [5.74, 6) is -3.31. The number of methoxy groups -OCH3 is 1. The quantitative estimate of drug-likeness (QED) is 0.827. The fourth-order valence-corrected chi connectivity index (χ4v) is 3.35. The van der Waals surface area contributed by atoms with Gasteiger partial charge in [-0.3, -0.25) is 9.59 Å². The van der Waals surface area contributed by atoms with Crippen LogP contribution >= 0.6 is 0 Å². The third-order valence-electron chi connectivity index (χ3n) is 4.49. The number of anilines is 1. The number of carboxylic acid groups (broad SMARTS) is 1. The number of amides is 1. The van der Waals surface area contributed by atoms with E-state index in [4.69, 9.17) is 5.11 Å². The summed E-state index contributed by atoms with van der Waals surface area (Å²) in [7, 11) is 1.22. The molecule has 0 saturated heterocycles. The molecule has 24 heavy (non-hydrogen) atoms. The second-order valence-electron chi connectivity index (χ2n) is 6.32. The Labute approximate surface area is 139 Å². The molecule has 0 aromatic heterocycles. The first-order valence-corrected chi connectivity index (χ1v) is 7.90. The molecule has 1 aromatic carbocycles. The molecule has 0 atom stereocenters. The lowest BCUT2D eigenvalue weighted by Crippen LogP contribution is -2.32. The van der Waals surface area contributed by atoms with E-state index in [1.54, 1.807) is 0 Å². The van der Waals surface area contributed by atoms with Gasteiger partial charge in [0.2, 0.25) is 5.91 Å². The molecule has 0 bridgehead atoms. The van der Waals surface area contributed by atoms with E-state index in [0.29, 0.717) is 12.8 Å². The molecule has 1 aliphatic carbocycles. The van der Waals surface area contributed by atoms with Gasteiger partial charge < -0.3 is 15.2 Å². The monoisotopic (exact) mass is 341 g/mol. The Morgan fingerprint density at radius 1 is 1.17 bits per heavy atom. The summed E-state index contributed by atoms with van der Waals surface area (Å²) in [5.41, 5.74) is -0.894. The van der Waals surface area contributed by atoms with Gasteiger partial charge >= 0.3 is 5.97 Å². The molecular formula is C17H21F2NO4. The number of rotatable bonds is 6. The van der Waals surface area contributed by atoms with Crippen LogP contribution in [0.1, 0.15) is 44.9 Å². The van der Waals surface area contributed by atoms with Crippen molar-refractivity contribution in [3.05, 3.63) is 23.8 Å². The third-order valence-corrected chi connectivity index (χ3v) is 4.49. The molecule has 1 fully saturated rings. The Hall–Kier alpha value is -2.18. The average molecular weight is 341 g/mol. The highest BCUT2D eigenvalue weighted by atomic mass is 19.1. The molecule has 7 heteroatoms. The lowest BCUT2D eigenvalue weighted by molar-refractivity contribution is -0.140. The van der Waals surface area contributed by atoms with Crippen molar-refractivity contribution in [2.75, 3.05) is 12.4 Å². The number of nitrogens with one attached hydrogen (secondary N) is 1. The molecule has 1 aromatic rings. The number of aliphatic carboxylic acids is 1. The zero-order valence-corrected chi connectivity index (χ0v) is 13.5. The van der Waals surface area contributed by atoms with Gasteiger partial charge in [0.25, 0.3) is 0 Å². The Bertz CT molecular complexity index is 627. The summed E-state index contributed by atoms with van der Waals surface area (Å²) in [6, 6.07) is 1.72. The lowest BCUT2D eigenvalue weighted by atomic mass is 9.69. The van der Waals surface area contributed by atoms with Crippen molar-refractivity contribution in [1.29, 1.82) is 0 Å². The second-order valence-corrected chi connectivity index (χ2v) is 6.32. The fraction of sp³-hybridized carbons (Fsp3) is 0.529. The zero-order chi connectivity index (χ0) is 17.7. The highest BCUT2D eigenvalue weighted by molar-refractivity contribution is 5.91. The van der Waals surface area contributed by atoms with E-state index in [9.17, 15) is 18.4 Å². The van der Waals surface area contributed by atoms with Gasteiger partial charge in [-0.25, -0.2) is 8.78 Å². The standard InChI is InChI=1S/C17H21F2NO4/c1-24-14-8-11(18)13(7-12(14)19)20-15(21)9-17(10-16(22)23)5-3-2-4-6-17/h7-8H,2-6,9-10H2,1H3,(H,20,21)(H,22,23).